The molecule has 1 aromatic heterocycles. The molecule has 0 radical (unpaired) electrons. The van der Waals surface area contributed by atoms with E-state index in [0.717, 1.165) is 18.2 Å². The van der Waals surface area contributed by atoms with Gasteiger partial charge in [0, 0.05) is 52.7 Å². The van der Waals surface area contributed by atoms with Crippen LogP contribution in [-0.4, -0.2) is 52.2 Å². The number of aliphatic hydroxyl groups excluding tert-OH is 1. The second-order valence-electron chi connectivity index (χ2n) is 8.82. The van der Waals surface area contributed by atoms with Crippen molar-refractivity contribution in [3.63, 3.8) is 0 Å². The molecular weight excluding hydrogens is 491 g/mol. The third-order valence-electron chi connectivity index (χ3n) is 6.41. The molecule has 35 heavy (non-hydrogen) atoms. The Balaban J connectivity index is 1.87. The van der Waals surface area contributed by atoms with E-state index in [0.29, 0.717) is 25.7 Å². The summed E-state index contributed by atoms with van der Waals surface area (Å²) < 4.78 is 71.8. The van der Waals surface area contributed by atoms with E-state index in [2.05, 4.69) is 10.3 Å². The molecular formula is C23H23F5N4O2S. The minimum Gasteiger partial charge on any atom is -0.390 e. The lowest BCUT2D eigenvalue weighted by Gasteiger charge is -2.36. The molecule has 3 aromatic rings. The molecule has 2 aliphatic heterocycles. The van der Waals surface area contributed by atoms with E-state index >= 15 is 0 Å². The maximum atomic E-state index is 14.9. The average Bonchev–Trinajstić information content (AvgIpc) is 2.93. The lowest BCUT2D eigenvalue weighted by molar-refractivity contribution is -0.137. The lowest BCUT2D eigenvalue weighted by atomic mass is 10.1. The predicted molar refractivity (Wildman–Crippen MR) is 123 cm³/mol. The maximum Gasteiger partial charge on any atom is 0.416 e. The first-order valence-corrected chi connectivity index (χ1v) is 12.6. The first kappa shape index (κ1) is 24.0. The van der Waals surface area contributed by atoms with Gasteiger partial charge < -0.3 is 15.3 Å². The van der Waals surface area contributed by atoms with E-state index in [1.807, 2.05) is 6.92 Å². The van der Waals surface area contributed by atoms with Crippen LogP contribution in [0.15, 0.2) is 44.9 Å². The number of nitrogens with zero attached hydrogens (tertiary/aromatic N) is 3. The smallest absolute Gasteiger partial charge is 0.390 e. The van der Waals surface area contributed by atoms with E-state index in [-0.39, 0.29) is 44.9 Å². The average molecular weight is 515 g/mol. The van der Waals surface area contributed by atoms with Crippen LogP contribution in [0.3, 0.4) is 0 Å². The number of halogens is 5. The normalized spacial score (nSPS) is 24.0. The number of hydrogen-bond acceptors (Lipinski definition) is 5. The summed E-state index contributed by atoms with van der Waals surface area (Å²) in [6.07, 6.45) is -5.86. The predicted octanol–water partition coefficient (Wildman–Crippen LogP) is 3.29. The highest BCUT2D eigenvalue weighted by Gasteiger charge is 2.36. The Morgan fingerprint density at radius 3 is 2.63 bits per heavy atom. The Bertz CT molecular complexity index is 1360. The van der Waals surface area contributed by atoms with E-state index in [4.69, 9.17) is 0 Å². The Kier molecular flexibility index (Phi) is 6.01. The third-order valence-corrected chi connectivity index (χ3v) is 9.07. The molecule has 12 heteroatoms. The summed E-state index contributed by atoms with van der Waals surface area (Å²) in [5, 5.41) is 14.0. The van der Waals surface area contributed by atoms with Gasteiger partial charge in [-0.25, -0.2) is 13.6 Å². The summed E-state index contributed by atoms with van der Waals surface area (Å²) in [5.41, 5.74) is -1.46. The molecule has 1 saturated heterocycles. The van der Waals surface area contributed by atoms with Crippen LogP contribution in [-0.2, 0) is 12.7 Å². The highest BCUT2D eigenvalue weighted by atomic mass is 32.2. The number of aliphatic hydroxyl groups is 1. The fraction of sp³-hybridized carbons (Fsp3) is 0.391. The molecule has 0 aliphatic carbocycles. The first-order valence-electron chi connectivity index (χ1n) is 11.1. The van der Waals surface area contributed by atoms with Crippen LogP contribution in [0.25, 0.3) is 10.9 Å². The van der Waals surface area contributed by atoms with Crippen molar-refractivity contribution in [2.24, 2.45) is 0 Å². The number of aromatic nitrogens is 2. The second kappa shape index (κ2) is 8.75. The summed E-state index contributed by atoms with van der Waals surface area (Å²) in [4.78, 5) is 19.2. The van der Waals surface area contributed by atoms with Crippen molar-refractivity contribution in [1.82, 2.24) is 14.9 Å². The van der Waals surface area contributed by atoms with Crippen LogP contribution in [0.4, 0.5) is 27.8 Å². The van der Waals surface area contributed by atoms with Gasteiger partial charge in [0.25, 0.3) is 0 Å². The Hall–Kier alpha value is -2.70. The largest absolute Gasteiger partial charge is 0.416 e. The van der Waals surface area contributed by atoms with Crippen LogP contribution < -0.4 is 15.9 Å². The highest BCUT2D eigenvalue weighted by Crippen LogP contribution is 2.52. The van der Waals surface area contributed by atoms with Gasteiger partial charge in [-0.1, -0.05) is 0 Å². The molecule has 0 amide bonds. The third kappa shape index (κ3) is 4.27. The molecule has 2 N–H and O–H groups in total. The van der Waals surface area contributed by atoms with Crippen LogP contribution >= 0.6 is 10.9 Å². The van der Waals surface area contributed by atoms with Crippen LogP contribution in [0.1, 0.15) is 12.5 Å². The summed E-state index contributed by atoms with van der Waals surface area (Å²) in [5.74, 6) is -1.68. The zero-order valence-corrected chi connectivity index (χ0v) is 19.5. The molecule has 2 aliphatic rings. The fourth-order valence-electron chi connectivity index (χ4n) is 4.80. The van der Waals surface area contributed by atoms with E-state index in [1.54, 1.807) is 4.90 Å². The van der Waals surface area contributed by atoms with Gasteiger partial charge in [-0.2, -0.15) is 29.1 Å². The zero-order chi connectivity index (χ0) is 25.1. The Morgan fingerprint density at radius 1 is 1.17 bits per heavy atom. The van der Waals surface area contributed by atoms with E-state index < -0.39 is 46.1 Å². The van der Waals surface area contributed by atoms with Gasteiger partial charge in [0.05, 0.1) is 23.7 Å². The monoisotopic (exact) mass is 514 g/mol. The molecule has 6 nitrogen and oxygen atoms in total. The van der Waals surface area contributed by atoms with Crippen molar-refractivity contribution in [2.75, 3.05) is 30.3 Å². The minimum atomic E-state index is -4.72. The number of thiol groups is 1. The van der Waals surface area contributed by atoms with Gasteiger partial charge in [-0.05, 0) is 31.2 Å². The standard InChI is InChI=1S/C23H23F5N4O2S/c1-12-9-29-4-5-31(12)21-16-6-13(23(26,27)28)7-19-20(16)32(22(34)30-21)10-15(33)11-35(19)18-3-2-14(24)8-17(18)25/h2-3,6-8,12,15,29,33,35H,4-5,9-11H2,1H3/t12-,15-/m0/s1. The summed E-state index contributed by atoms with van der Waals surface area (Å²) in [6.45, 7) is 3.24. The van der Waals surface area contributed by atoms with Crippen molar-refractivity contribution >= 4 is 27.6 Å². The van der Waals surface area contributed by atoms with Gasteiger partial charge in [0.2, 0.25) is 0 Å². The zero-order valence-electron chi connectivity index (χ0n) is 18.6. The molecule has 0 saturated carbocycles. The molecule has 1 fully saturated rings. The number of alkyl halides is 3. The fourth-order valence-corrected chi connectivity index (χ4v) is 7.36. The van der Waals surface area contributed by atoms with E-state index in [9.17, 15) is 31.9 Å². The second-order valence-corrected chi connectivity index (χ2v) is 11.0. The van der Waals surface area contributed by atoms with Crippen LogP contribution in [0, 0.1) is 11.6 Å². The Labute approximate surface area is 199 Å². The van der Waals surface area contributed by atoms with Crippen LogP contribution in [0.2, 0.25) is 0 Å². The van der Waals surface area contributed by atoms with Crippen LogP contribution in [0.5, 0.6) is 0 Å². The number of anilines is 1. The quantitative estimate of drug-likeness (QED) is 0.362. The molecule has 3 heterocycles. The van der Waals surface area contributed by atoms with Gasteiger partial charge in [-0.3, -0.25) is 4.57 Å². The van der Waals surface area contributed by atoms with E-state index in [1.165, 1.54) is 10.6 Å². The summed E-state index contributed by atoms with van der Waals surface area (Å²) >= 11 is 0. The SMILES string of the molecule is C[C@H]1CNCCN1c1nc(=O)n2c3c(cc(C(F)(F)F)cc13)[SH](c1ccc(F)cc1F)C[C@@H](O)C2. The molecule has 0 spiro atoms. The van der Waals surface area contributed by atoms with Crippen molar-refractivity contribution in [2.45, 2.75) is 41.6 Å². The first-order chi connectivity index (χ1) is 16.5. The minimum absolute atomic E-state index is 0.0101. The van der Waals surface area contributed by atoms with Crippen molar-refractivity contribution in [3.05, 3.63) is 58.0 Å². The number of rotatable bonds is 2. The van der Waals surface area contributed by atoms with Crippen molar-refractivity contribution in [3.8, 4) is 0 Å². The number of nitrogens with one attached hydrogen (secondary N) is 1. The summed E-state index contributed by atoms with van der Waals surface area (Å²) in [7, 11) is -1.90. The van der Waals surface area contributed by atoms with Gasteiger partial charge in [-0.15, -0.1) is 0 Å². The molecule has 1 unspecified atom stereocenters. The molecule has 5 rings (SSSR count). The number of hydrogen-bond donors (Lipinski definition) is 3. The van der Waals surface area contributed by atoms with Gasteiger partial charge in [0.1, 0.15) is 17.5 Å². The number of piperazine rings is 1. The lowest BCUT2D eigenvalue weighted by Crippen LogP contribution is -2.51. The maximum absolute atomic E-state index is 14.9. The van der Waals surface area contributed by atoms with Gasteiger partial charge >= 0.3 is 11.9 Å². The number of benzene rings is 2. The molecule has 0 bridgehead atoms. The molecule has 188 valence electrons. The van der Waals surface area contributed by atoms with Gasteiger partial charge in [0.15, 0.2) is 0 Å². The highest BCUT2D eigenvalue weighted by molar-refractivity contribution is 8.17. The molecule has 3 atom stereocenters. The van der Waals surface area contributed by atoms with Crippen molar-refractivity contribution in [1.29, 1.82) is 0 Å². The molecule has 2 aromatic carbocycles. The summed E-state index contributed by atoms with van der Waals surface area (Å²) in [6, 6.07) is 4.67. The van der Waals surface area contributed by atoms with Crippen molar-refractivity contribution < 1.29 is 27.1 Å². The Morgan fingerprint density at radius 2 is 1.94 bits per heavy atom. The topological polar surface area (TPSA) is 70.4 Å².